The Morgan fingerprint density at radius 2 is 2.05 bits per heavy atom. The molecule has 5 nitrogen and oxygen atoms in total. The fourth-order valence-corrected chi connectivity index (χ4v) is 4.48. The summed E-state index contributed by atoms with van der Waals surface area (Å²) in [6.07, 6.45) is 6.09. The zero-order chi connectivity index (χ0) is 15.5. The molecule has 0 aliphatic heterocycles. The summed E-state index contributed by atoms with van der Waals surface area (Å²) in [5, 5.41) is 0.111. The molecule has 0 amide bonds. The first kappa shape index (κ1) is 16.8. The Morgan fingerprint density at radius 1 is 1.38 bits per heavy atom. The molecule has 0 saturated heterocycles. The van der Waals surface area contributed by atoms with Gasteiger partial charge in [-0.2, -0.15) is 0 Å². The van der Waals surface area contributed by atoms with Gasteiger partial charge in [-0.25, -0.2) is 18.1 Å². The van der Waals surface area contributed by atoms with Crippen LogP contribution in [0.1, 0.15) is 38.4 Å². The monoisotopic (exact) mass is 333 g/mol. The molecule has 0 aromatic carbocycles. The normalized spacial score (nSPS) is 23.4. The molecule has 7 heteroatoms. The van der Waals surface area contributed by atoms with E-state index in [0.717, 1.165) is 19.3 Å². The smallest absolute Gasteiger partial charge is 0.259 e. The van der Waals surface area contributed by atoms with E-state index < -0.39 is 10.0 Å². The van der Waals surface area contributed by atoms with Gasteiger partial charge in [0.25, 0.3) is 10.0 Å². The molecule has 0 bridgehead atoms. The van der Waals surface area contributed by atoms with E-state index in [2.05, 4.69) is 9.71 Å². The number of aromatic nitrogens is 2. The van der Waals surface area contributed by atoms with E-state index in [1.54, 1.807) is 6.20 Å². The maximum Gasteiger partial charge on any atom is 0.259 e. The molecule has 1 heterocycles. The van der Waals surface area contributed by atoms with Crippen molar-refractivity contribution in [3.8, 4) is 0 Å². The Hall–Kier alpha value is -0.590. The molecular formula is C14H24ClN3O2S. The van der Waals surface area contributed by atoms with Gasteiger partial charge in [-0.05, 0) is 38.5 Å². The minimum absolute atomic E-state index is 0.111. The van der Waals surface area contributed by atoms with Crippen LogP contribution < -0.4 is 4.72 Å². The number of nitrogens with zero attached hydrogens (tertiary/aromatic N) is 2. The molecule has 1 aliphatic carbocycles. The van der Waals surface area contributed by atoms with Crippen LogP contribution in [0.25, 0.3) is 0 Å². The topological polar surface area (TPSA) is 64.0 Å². The van der Waals surface area contributed by atoms with Crippen LogP contribution >= 0.6 is 11.6 Å². The molecule has 1 aromatic heterocycles. The number of aryl methyl sites for hydroxylation is 2. The van der Waals surface area contributed by atoms with Gasteiger partial charge in [0, 0.05) is 25.2 Å². The van der Waals surface area contributed by atoms with Crippen molar-refractivity contribution in [1.82, 2.24) is 14.3 Å². The van der Waals surface area contributed by atoms with Crippen molar-refractivity contribution >= 4 is 21.6 Å². The summed E-state index contributed by atoms with van der Waals surface area (Å²) in [6, 6.07) is 0. The number of halogens is 1. The first-order valence-electron chi connectivity index (χ1n) is 7.57. The van der Waals surface area contributed by atoms with Crippen molar-refractivity contribution in [2.45, 2.75) is 51.1 Å². The van der Waals surface area contributed by atoms with E-state index in [1.165, 1.54) is 6.42 Å². The maximum atomic E-state index is 12.3. The lowest BCUT2D eigenvalue weighted by Crippen LogP contribution is -2.35. The Bertz CT molecular complexity index is 571. The quantitative estimate of drug-likeness (QED) is 0.814. The molecule has 1 fully saturated rings. The molecule has 0 radical (unpaired) electrons. The molecular weight excluding hydrogens is 310 g/mol. The van der Waals surface area contributed by atoms with Gasteiger partial charge < -0.3 is 4.57 Å². The summed E-state index contributed by atoms with van der Waals surface area (Å²) < 4.78 is 29.2. The Morgan fingerprint density at radius 3 is 2.62 bits per heavy atom. The van der Waals surface area contributed by atoms with Crippen molar-refractivity contribution in [3.63, 3.8) is 0 Å². The fourth-order valence-electron chi connectivity index (χ4n) is 2.98. The van der Waals surface area contributed by atoms with Crippen LogP contribution in [0.5, 0.6) is 0 Å². The number of imidazole rings is 1. The van der Waals surface area contributed by atoms with Crippen LogP contribution in [0.2, 0.25) is 0 Å². The second-order valence-electron chi connectivity index (χ2n) is 5.72. The Balaban J connectivity index is 2.03. The predicted molar refractivity (Wildman–Crippen MR) is 84.0 cm³/mol. The highest BCUT2D eigenvalue weighted by Crippen LogP contribution is 2.30. The summed E-state index contributed by atoms with van der Waals surface area (Å²) >= 11 is 5.99. The lowest BCUT2D eigenvalue weighted by molar-refractivity contribution is 0.260. The Kier molecular flexibility index (Phi) is 5.68. The average molecular weight is 334 g/mol. The minimum Gasteiger partial charge on any atom is -0.334 e. The van der Waals surface area contributed by atoms with Gasteiger partial charge in [-0.15, -0.1) is 11.6 Å². The molecule has 0 spiro atoms. The van der Waals surface area contributed by atoms with E-state index in [9.17, 15) is 8.42 Å². The summed E-state index contributed by atoms with van der Waals surface area (Å²) in [7, 11) is -3.53. The number of sulfonamides is 1. The molecule has 1 N–H and O–H groups in total. The van der Waals surface area contributed by atoms with E-state index in [4.69, 9.17) is 11.6 Å². The zero-order valence-corrected chi connectivity index (χ0v) is 14.3. The van der Waals surface area contributed by atoms with Crippen molar-refractivity contribution in [1.29, 1.82) is 0 Å². The summed E-state index contributed by atoms with van der Waals surface area (Å²) in [6.45, 7) is 4.95. The molecule has 2 unspecified atom stereocenters. The van der Waals surface area contributed by atoms with Gasteiger partial charge in [0.1, 0.15) is 5.82 Å². The third-order valence-corrected chi connectivity index (χ3v) is 6.06. The van der Waals surface area contributed by atoms with Gasteiger partial charge in [-0.3, -0.25) is 0 Å². The van der Waals surface area contributed by atoms with Crippen molar-refractivity contribution in [2.24, 2.45) is 11.8 Å². The van der Waals surface area contributed by atoms with Crippen LogP contribution in [0.4, 0.5) is 0 Å². The highest BCUT2D eigenvalue weighted by molar-refractivity contribution is 7.89. The van der Waals surface area contributed by atoms with Crippen LogP contribution in [-0.4, -0.2) is 30.4 Å². The SMILES string of the molecule is CCn1cc(S(=O)(=O)NCC2CCCCC2CCl)nc1C. The lowest BCUT2D eigenvalue weighted by atomic mass is 9.80. The molecule has 1 saturated carbocycles. The summed E-state index contributed by atoms with van der Waals surface area (Å²) in [4.78, 5) is 4.14. The zero-order valence-electron chi connectivity index (χ0n) is 12.7. The highest BCUT2D eigenvalue weighted by atomic mass is 35.5. The van der Waals surface area contributed by atoms with Crippen LogP contribution in [0.15, 0.2) is 11.2 Å². The first-order chi connectivity index (χ1) is 9.97. The number of alkyl halides is 1. The average Bonchev–Trinajstić information content (AvgIpc) is 2.87. The minimum atomic E-state index is -3.53. The largest absolute Gasteiger partial charge is 0.334 e. The van der Waals surface area contributed by atoms with Gasteiger partial charge in [-0.1, -0.05) is 12.8 Å². The van der Waals surface area contributed by atoms with Gasteiger partial charge >= 0.3 is 0 Å². The second kappa shape index (κ2) is 7.11. The van der Waals surface area contributed by atoms with Crippen molar-refractivity contribution < 1.29 is 8.42 Å². The molecule has 21 heavy (non-hydrogen) atoms. The third-order valence-electron chi connectivity index (χ3n) is 4.37. The van der Waals surface area contributed by atoms with E-state index in [0.29, 0.717) is 36.6 Å². The Labute approximate surface area is 132 Å². The fraction of sp³-hybridized carbons (Fsp3) is 0.786. The van der Waals surface area contributed by atoms with Crippen LogP contribution in [0.3, 0.4) is 0 Å². The van der Waals surface area contributed by atoms with Crippen LogP contribution in [-0.2, 0) is 16.6 Å². The number of hydrogen-bond donors (Lipinski definition) is 1. The van der Waals surface area contributed by atoms with Gasteiger partial charge in [0.15, 0.2) is 5.03 Å². The second-order valence-corrected chi connectivity index (χ2v) is 7.75. The highest BCUT2D eigenvalue weighted by Gasteiger charge is 2.27. The number of nitrogens with one attached hydrogen (secondary N) is 1. The predicted octanol–water partition coefficient (Wildman–Crippen LogP) is 2.53. The first-order valence-corrected chi connectivity index (χ1v) is 9.59. The van der Waals surface area contributed by atoms with Crippen LogP contribution in [0, 0.1) is 18.8 Å². The number of hydrogen-bond acceptors (Lipinski definition) is 3. The van der Waals surface area contributed by atoms with E-state index in [1.807, 2.05) is 18.4 Å². The van der Waals surface area contributed by atoms with Crippen molar-refractivity contribution in [2.75, 3.05) is 12.4 Å². The standard InChI is InChI=1S/C14H24ClN3O2S/c1-3-18-10-14(17-11(18)2)21(19,20)16-9-13-7-5-4-6-12(13)8-15/h10,12-13,16H,3-9H2,1-2H3. The lowest BCUT2D eigenvalue weighted by Gasteiger charge is -2.30. The molecule has 120 valence electrons. The molecule has 1 aromatic rings. The van der Waals surface area contributed by atoms with Gasteiger partial charge in [0.2, 0.25) is 0 Å². The maximum absolute atomic E-state index is 12.3. The molecule has 2 rings (SSSR count). The summed E-state index contributed by atoms with van der Waals surface area (Å²) in [5.41, 5.74) is 0. The third kappa shape index (κ3) is 3.99. The van der Waals surface area contributed by atoms with Crippen molar-refractivity contribution in [3.05, 3.63) is 12.0 Å². The summed E-state index contributed by atoms with van der Waals surface area (Å²) in [5.74, 6) is 2.07. The van der Waals surface area contributed by atoms with E-state index >= 15 is 0 Å². The molecule has 1 aliphatic rings. The number of rotatable bonds is 6. The van der Waals surface area contributed by atoms with E-state index in [-0.39, 0.29) is 5.03 Å². The molecule has 2 atom stereocenters. The van der Waals surface area contributed by atoms with Gasteiger partial charge in [0.05, 0.1) is 0 Å².